The highest BCUT2D eigenvalue weighted by Gasteiger charge is 2.12. The van der Waals surface area contributed by atoms with E-state index in [1.165, 1.54) is 11.1 Å². The first kappa shape index (κ1) is 15.0. The van der Waals surface area contributed by atoms with E-state index >= 15 is 0 Å². The van der Waals surface area contributed by atoms with Crippen LogP contribution in [0.4, 0.5) is 0 Å². The first-order valence-electron chi connectivity index (χ1n) is 6.64. The highest BCUT2D eigenvalue weighted by Crippen LogP contribution is 2.29. The minimum atomic E-state index is 0.0550. The van der Waals surface area contributed by atoms with Gasteiger partial charge in [0, 0.05) is 12.1 Å². The molecular weight excluding hydrogens is 224 g/mol. The van der Waals surface area contributed by atoms with E-state index in [1.54, 1.807) is 7.11 Å². The van der Waals surface area contributed by atoms with E-state index in [0.717, 1.165) is 18.6 Å². The van der Waals surface area contributed by atoms with E-state index in [9.17, 15) is 0 Å². The molecule has 18 heavy (non-hydrogen) atoms. The molecular formula is C15H26N2O. The molecule has 0 spiro atoms. The first-order valence-corrected chi connectivity index (χ1v) is 6.64. The van der Waals surface area contributed by atoms with Crippen LogP contribution in [0.2, 0.25) is 0 Å². The number of nitrogens with two attached hydrogens (primary N) is 2. The lowest BCUT2D eigenvalue weighted by Crippen LogP contribution is -2.19. The minimum absolute atomic E-state index is 0.0550. The van der Waals surface area contributed by atoms with Gasteiger partial charge < -0.3 is 16.2 Å². The lowest BCUT2D eigenvalue weighted by Gasteiger charge is -2.18. The van der Waals surface area contributed by atoms with Crippen molar-refractivity contribution >= 4 is 0 Å². The van der Waals surface area contributed by atoms with Gasteiger partial charge in [-0.3, -0.25) is 0 Å². The monoisotopic (exact) mass is 250 g/mol. The Kier molecular flexibility index (Phi) is 5.63. The van der Waals surface area contributed by atoms with Gasteiger partial charge in [-0.15, -0.1) is 0 Å². The Morgan fingerprint density at radius 3 is 2.28 bits per heavy atom. The van der Waals surface area contributed by atoms with Crippen LogP contribution in [0.1, 0.15) is 56.7 Å². The fourth-order valence-corrected chi connectivity index (χ4v) is 2.04. The SMILES string of the molecule is COc1ccc(C(N)CCC(C)N)cc1C(C)C. The van der Waals surface area contributed by atoms with Crippen LogP contribution in [0.15, 0.2) is 18.2 Å². The second kappa shape index (κ2) is 6.76. The van der Waals surface area contributed by atoms with Gasteiger partial charge in [0.15, 0.2) is 0 Å². The van der Waals surface area contributed by atoms with E-state index in [-0.39, 0.29) is 12.1 Å². The largest absolute Gasteiger partial charge is 0.496 e. The van der Waals surface area contributed by atoms with Crippen molar-refractivity contribution in [3.05, 3.63) is 29.3 Å². The molecule has 0 saturated carbocycles. The summed E-state index contributed by atoms with van der Waals surface area (Å²) < 4.78 is 5.38. The van der Waals surface area contributed by atoms with Gasteiger partial charge >= 0.3 is 0 Å². The smallest absolute Gasteiger partial charge is 0.122 e. The predicted octanol–water partition coefficient (Wildman–Crippen LogP) is 2.95. The first-order chi connectivity index (χ1) is 8.45. The van der Waals surface area contributed by atoms with Crippen LogP contribution in [-0.4, -0.2) is 13.2 Å². The fraction of sp³-hybridized carbons (Fsp3) is 0.600. The van der Waals surface area contributed by atoms with Gasteiger partial charge in [-0.25, -0.2) is 0 Å². The van der Waals surface area contributed by atoms with Crippen molar-refractivity contribution in [2.24, 2.45) is 11.5 Å². The summed E-state index contributed by atoms with van der Waals surface area (Å²) in [6.45, 7) is 6.34. The fourth-order valence-electron chi connectivity index (χ4n) is 2.04. The lowest BCUT2D eigenvalue weighted by molar-refractivity contribution is 0.407. The molecule has 3 nitrogen and oxygen atoms in total. The Hall–Kier alpha value is -1.06. The number of benzene rings is 1. The van der Waals surface area contributed by atoms with Gasteiger partial charge in [-0.2, -0.15) is 0 Å². The van der Waals surface area contributed by atoms with E-state index in [0.29, 0.717) is 5.92 Å². The standard InChI is InChI=1S/C15H26N2O/c1-10(2)13-9-12(6-8-15(13)18-4)14(17)7-5-11(3)16/h6,8-11,14H,5,7,16-17H2,1-4H3. The molecule has 1 aromatic carbocycles. The maximum atomic E-state index is 6.21. The van der Waals surface area contributed by atoms with Gasteiger partial charge in [0.25, 0.3) is 0 Å². The van der Waals surface area contributed by atoms with E-state index < -0.39 is 0 Å². The second-order valence-electron chi connectivity index (χ2n) is 5.32. The third-order valence-corrected chi connectivity index (χ3v) is 3.24. The molecule has 2 unspecified atom stereocenters. The van der Waals surface area contributed by atoms with Crippen molar-refractivity contribution in [1.82, 2.24) is 0 Å². The van der Waals surface area contributed by atoms with Gasteiger partial charge in [-0.05, 0) is 42.9 Å². The van der Waals surface area contributed by atoms with Crippen molar-refractivity contribution in [2.75, 3.05) is 7.11 Å². The average molecular weight is 250 g/mol. The van der Waals surface area contributed by atoms with Gasteiger partial charge in [0.1, 0.15) is 5.75 Å². The number of hydrogen-bond donors (Lipinski definition) is 2. The summed E-state index contributed by atoms with van der Waals surface area (Å²) in [6.07, 6.45) is 1.87. The van der Waals surface area contributed by atoms with Crippen LogP contribution in [0.5, 0.6) is 5.75 Å². The topological polar surface area (TPSA) is 61.3 Å². The molecule has 3 heteroatoms. The molecule has 0 amide bonds. The molecule has 0 heterocycles. The molecule has 0 aliphatic rings. The van der Waals surface area contributed by atoms with Crippen molar-refractivity contribution in [2.45, 2.75) is 51.6 Å². The molecule has 0 saturated heterocycles. The molecule has 1 rings (SSSR count). The summed E-state index contributed by atoms with van der Waals surface area (Å²) in [5.41, 5.74) is 14.4. The zero-order valence-electron chi connectivity index (χ0n) is 11.9. The zero-order valence-corrected chi connectivity index (χ0v) is 11.9. The van der Waals surface area contributed by atoms with Crippen LogP contribution in [-0.2, 0) is 0 Å². The third kappa shape index (κ3) is 4.00. The van der Waals surface area contributed by atoms with Gasteiger partial charge in [0.05, 0.1) is 7.11 Å². The Labute approximate surface area is 111 Å². The zero-order chi connectivity index (χ0) is 13.7. The molecule has 2 atom stereocenters. The maximum Gasteiger partial charge on any atom is 0.122 e. The summed E-state index contributed by atoms with van der Waals surface area (Å²) in [5, 5.41) is 0. The maximum absolute atomic E-state index is 6.21. The summed E-state index contributed by atoms with van der Waals surface area (Å²) in [7, 11) is 1.71. The van der Waals surface area contributed by atoms with E-state index in [2.05, 4.69) is 26.0 Å². The summed E-state index contributed by atoms with van der Waals surface area (Å²) in [5.74, 6) is 1.37. The Balaban J connectivity index is 2.86. The van der Waals surface area contributed by atoms with Gasteiger partial charge in [0.2, 0.25) is 0 Å². The number of rotatable bonds is 6. The van der Waals surface area contributed by atoms with Crippen molar-refractivity contribution in [1.29, 1.82) is 0 Å². The van der Waals surface area contributed by atoms with Crippen LogP contribution >= 0.6 is 0 Å². The van der Waals surface area contributed by atoms with Crippen LogP contribution in [0.25, 0.3) is 0 Å². The number of ether oxygens (including phenoxy) is 1. The molecule has 0 radical (unpaired) electrons. The van der Waals surface area contributed by atoms with Crippen LogP contribution in [0, 0.1) is 0 Å². The Morgan fingerprint density at radius 1 is 1.11 bits per heavy atom. The minimum Gasteiger partial charge on any atom is -0.496 e. The normalized spacial score (nSPS) is 14.6. The molecule has 102 valence electrons. The average Bonchev–Trinajstić information content (AvgIpc) is 2.34. The number of hydrogen-bond acceptors (Lipinski definition) is 3. The van der Waals surface area contributed by atoms with Crippen molar-refractivity contribution in [3.63, 3.8) is 0 Å². The molecule has 0 aliphatic heterocycles. The quantitative estimate of drug-likeness (QED) is 0.816. The van der Waals surface area contributed by atoms with Crippen molar-refractivity contribution in [3.8, 4) is 5.75 Å². The summed E-state index contributed by atoms with van der Waals surface area (Å²) >= 11 is 0. The van der Waals surface area contributed by atoms with E-state index in [1.807, 2.05) is 13.0 Å². The third-order valence-electron chi connectivity index (χ3n) is 3.24. The highest BCUT2D eigenvalue weighted by molar-refractivity contribution is 5.40. The summed E-state index contributed by atoms with van der Waals surface area (Å²) in [6, 6.07) is 6.49. The summed E-state index contributed by atoms with van der Waals surface area (Å²) in [4.78, 5) is 0. The molecule has 0 aliphatic carbocycles. The Morgan fingerprint density at radius 2 is 1.78 bits per heavy atom. The van der Waals surface area contributed by atoms with E-state index in [4.69, 9.17) is 16.2 Å². The lowest BCUT2D eigenvalue weighted by atomic mass is 9.94. The number of methoxy groups -OCH3 is 1. The molecule has 0 aromatic heterocycles. The Bertz CT molecular complexity index is 375. The van der Waals surface area contributed by atoms with Crippen molar-refractivity contribution < 1.29 is 4.74 Å². The predicted molar refractivity (Wildman–Crippen MR) is 76.9 cm³/mol. The van der Waals surface area contributed by atoms with Crippen LogP contribution < -0.4 is 16.2 Å². The molecule has 4 N–H and O–H groups in total. The van der Waals surface area contributed by atoms with Gasteiger partial charge in [-0.1, -0.05) is 26.0 Å². The molecule has 0 bridgehead atoms. The molecule has 1 aromatic rings. The molecule has 0 fully saturated rings. The second-order valence-corrected chi connectivity index (χ2v) is 5.32. The highest BCUT2D eigenvalue weighted by atomic mass is 16.5. The van der Waals surface area contributed by atoms with Crippen LogP contribution in [0.3, 0.4) is 0 Å².